The van der Waals surface area contributed by atoms with Gasteiger partial charge in [0, 0.05) is 6.04 Å². The summed E-state index contributed by atoms with van der Waals surface area (Å²) in [5.74, 6) is 0.781. The third kappa shape index (κ3) is 4.18. The molecule has 0 amide bonds. The molecule has 4 atom stereocenters. The van der Waals surface area contributed by atoms with Crippen LogP contribution in [0.15, 0.2) is 12.8 Å². The molecule has 0 aromatic carbocycles. The van der Waals surface area contributed by atoms with Gasteiger partial charge < -0.3 is 10.5 Å². The van der Waals surface area contributed by atoms with E-state index in [9.17, 15) is 0 Å². The van der Waals surface area contributed by atoms with Gasteiger partial charge in [0.05, 0.1) is 6.26 Å². The molecule has 2 aliphatic carbocycles. The highest BCUT2D eigenvalue weighted by molar-refractivity contribution is 5.04. The van der Waals surface area contributed by atoms with Gasteiger partial charge in [-0.2, -0.15) is 0 Å². The Hall–Kier alpha value is -0.500. The Labute approximate surface area is 150 Å². The lowest BCUT2D eigenvalue weighted by Crippen LogP contribution is -2.55. The van der Waals surface area contributed by atoms with E-state index in [-0.39, 0.29) is 17.6 Å². The summed E-state index contributed by atoms with van der Waals surface area (Å²) in [4.78, 5) is 0. The zero-order valence-electron chi connectivity index (χ0n) is 16.5. The van der Waals surface area contributed by atoms with E-state index in [0.29, 0.717) is 5.41 Å². The highest BCUT2D eigenvalue weighted by atomic mass is 16.5. The van der Waals surface area contributed by atoms with E-state index in [1.54, 1.807) is 6.26 Å². The molecule has 0 saturated heterocycles. The third-order valence-electron chi connectivity index (χ3n) is 7.64. The minimum atomic E-state index is 0.109. The van der Waals surface area contributed by atoms with Gasteiger partial charge in [0.2, 0.25) is 0 Å². The highest BCUT2D eigenvalue weighted by Crippen LogP contribution is 2.55. The molecular weight excluding hydrogens is 294 g/mol. The highest BCUT2D eigenvalue weighted by Gasteiger charge is 2.52. The van der Waals surface area contributed by atoms with Crippen LogP contribution in [-0.2, 0) is 4.74 Å². The first kappa shape index (κ1) is 19.8. The van der Waals surface area contributed by atoms with E-state index < -0.39 is 0 Å². The second-order valence-corrected chi connectivity index (χ2v) is 9.02. The van der Waals surface area contributed by atoms with E-state index in [1.807, 2.05) is 0 Å². The fraction of sp³-hybridized carbons (Fsp3) is 0.909. The van der Waals surface area contributed by atoms with Crippen molar-refractivity contribution in [3.8, 4) is 0 Å². The molecule has 0 heterocycles. The van der Waals surface area contributed by atoms with Gasteiger partial charge in [-0.05, 0) is 48.9 Å². The van der Waals surface area contributed by atoms with E-state index in [2.05, 4.69) is 27.4 Å². The fourth-order valence-corrected chi connectivity index (χ4v) is 5.53. The maximum atomic E-state index is 6.93. The van der Waals surface area contributed by atoms with Gasteiger partial charge >= 0.3 is 0 Å². The van der Waals surface area contributed by atoms with Crippen molar-refractivity contribution in [2.24, 2.45) is 22.5 Å². The Kier molecular flexibility index (Phi) is 7.22. The first-order valence-electron chi connectivity index (χ1n) is 10.5. The second-order valence-electron chi connectivity index (χ2n) is 9.02. The topological polar surface area (TPSA) is 35.2 Å². The Morgan fingerprint density at radius 1 is 1.04 bits per heavy atom. The van der Waals surface area contributed by atoms with Crippen LogP contribution in [0.25, 0.3) is 0 Å². The predicted molar refractivity (Wildman–Crippen MR) is 104 cm³/mol. The number of nitrogens with two attached hydrogens (primary N) is 1. The normalized spacial score (nSPS) is 38.2. The molecule has 4 unspecified atom stereocenters. The Morgan fingerprint density at radius 2 is 1.62 bits per heavy atom. The Morgan fingerprint density at radius 3 is 2.17 bits per heavy atom. The largest absolute Gasteiger partial charge is 0.497 e. The average molecular weight is 336 g/mol. The lowest BCUT2D eigenvalue weighted by Gasteiger charge is -2.52. The number of ether oxygens (including phenoxy) is 1. The maximum Gasteiger partial charge on any atom is 0.113 e. The molecule has 24 heavy (non-hydrogen) atoms. The van der Waals surface area contributed by atoms with Gasteiger partial charge in [0.1, 0.15) is 6.10 Å². The summed E-state index contributed by atoms with van der Waals surface area (Å²) < 4.78 is 5.92. The minimum Gasteiger partial charge on any atom is -0.497 e. The molecule has 140 valence electrons. The van der Waals surface area contributed by atoms with Crippen LogP contribution >= 0.6 is 0 Å². The zero-order valence-corrected chi connectivity index (χ0v) is 16.5. The zero-order chi connectivity index (χ0) is 17.6. The molecule has 2 heteroatoms. The first-order chi connectivity index (χ1) is 11.5. The lowest BCUT2D eigenvalue weighted by molar-refractivity contribution is -0.0343. The molecule has 0 bridgehead atoms. The summed E-state index contributed by atoms with van der Waals surface area (Å²) in [6.45, 7) is 11.2. The second kappa shape index (κ2) is 8.74. The SMILES string of the molecule is C=COC1CCC(CC)CC(C)(C2(C)CCCCCCCC2)C1N. The van der Waals surface area contributed by atoms with Crippen molar-refractivity contribution >= 4 is 0 Å². The molecule has 2 rings (SSSR count). The average Bonchev–Trinajstić information content (AvgIpc) is 2.65. The Bertz CT molecular complexity index is 383. The standard InChI is InChI=1S/C22H41NO/c1-5-18-13-14-19(24-6-2)20(23)22(4,17-18)21(3)15-11-9-7-8-10-12-16-21/h6,18-20H,2,5,7-17,23H2,1,3-4H3. The van der Waals surface area contributed by atoms with Crippen LogP contribution in [0.3, 0.4) is 0 Å². The van der Waals surface area contributed by atoms with Gasteiger partial charge in [-0.15, -0.1) is 0 Å². The van der Waals surface area contributed by atoms with Crippen molar-refractivity contribution < 1.29 is 4.74 Å². The van der Waals surface area contributed by atoms with Gasteiger partial charge in [-0.3, -0.25) is 0 Å². The summed E-state index contributed by atoms with van der Waals surface area (Å²) in [7, 11) is 0. The summed E-state index contributed by atoms with van der Waals surface area (Å²) in [6.07, 6.45) is 17.6. The molecule has 2 nitrogen and oxygen atoms in total. The number of hydrogen-bond acceptors (Lipinski definition) is 2. The Balaban J connectivity index is 2.31. The number of rotatable bonds is 4. The molecule has 0 aromatic heterocycles. The van der Waals surface area contributed by atoms with E-state index in [0.717, 1.165) is 12.3 Å². The molecule has 2 fully saturated rings. The third-order valence-corrected chi connectivity index (χ3v) is 7.64. The van der Waals surface area contributed by atoms with Gasteiger partial charge in [-0.25, -0.2) is 0 Å². The summed E-state index contributed by atoms with van der Waals surface area (Å²) in [5.41, 5.74) is 7.42. The maximum absolute atomic E-state index is 6.93. The van der Waals surface area contributed by atoms with Crippen LogP contribution in [0.5, 0.6) is 0 Å². The minimum absolute atomic E-state index is 0.109. The van der Waals surface area contributed by atoms with Gasteiger partial charge in [0.15, 0.2) is 0 Å². The molecule has 0 spiro atoms. The molecule has 2 saturated carbocycles. The summed E-state index contributed by atoms with van der Waals surface area (Å²) in [5, 5.41) is 0. The first-order valence-corrected chi connectivity index (χ1v) is 10.5. The van der Waals surface area contributed by atoms with Crippen LogP contribution in [0, 0.1) is 16.7 Å². The predicted octanol–water partition coefficient (Wildman–Crippen LogP) is 6.20. The van der Waals surface area contributed by atoms with Crippen molar-refractivity contribution in [2.75, 3.05) is 0 Å². The molecule has 2 aliphatic rings. The van der Waals surface area contributed by atoms with E-state index in [1.165, 1.54) is 70.6 Å². The lowest BCUT2D eigenvalue weighted by atomic mass is 9.55. The van der Waals surface area contributed by atoms with Crippen molar-refractivity contribution in [2.45, 2.75) is 110 Å². The molecular formula is C22H41NO. The molecule has 0 aliphatic heterocycles. The van der Waals surface area contributed by atoms with Crippen LogP contribution in [0.4, 0.5) is 0 Å². The fourth-order valence-electron chi connectivity index (χ4n) is 5.53. The molecule has 2 N–H and O–H groups in total. The quantitative estimate of drug-likeness (QED) is 0.490. The molecule has 0 aromatic rings. The monoisotopic (exact) mass is 335 g/mol. The molecule has 0 radical (unpaired) electrons. The van der Waals surface area contributed by atoms with Crippen LogP contribution in [0.1, 0.15) is 97.8 Å². The van der Waals surface area contributed by atoms with Gasteiger partial charge in [0.25, 0.3) is 0 Å². The van der Waals surface area contributed by atoms with E-state index in [4.69, 9.17) is 10.5 Å². The van der Waals surface area contributed by atoms with Crippen molar-refractivity contribution in [1.82, 2.24) is 0 Å². The van der Waals surface area contributed by atoms with E-state index >= 15 is 0 Å². The van der Waals surface area contributed by atoms with Crippen LogP contribution in [0.2, 0.25) is 0 Å². The smallest absolute Gasteiger partial charge is 0.113 e. The van der Waals surface area contributed by atoms with Crippen molar-refractivity contribution in [1.29, 1.82) is 0 Å². The van der Waals surface area contributed by atoms with Crippen molar-refractivity contribution in [3.63, 3.8) is 0 Å². The van der Waals surface area contributed by atoms with Crippen LogP contribution in [-0.4, -0.2) is 12.1 Å². The summed E-state index contributed by atoms with van der Waals surface area (Å²) >= 11 is 0. The van der Waals surface area contributed by atoms with Crippen LogP contribution < -0.4 is 5.73 Å². The van der Waals surface area contributed by atoms with Gasteiger partial charge in [-0.1, -0.05) is 72.3 Å². The van der Waals surface area contributed by atoms with Crippen molar-refractivity contribution in [3.05, 3.63) is 12.8 Å². The summed E-state index contributed by atoms with van der Waals surface area (Å²) in [6, 6.07) is 0.109. The number of hydrogen-bond donors (Lipinski definition) is 1.